The van der Waals surface area contributed by atoms with E-state index >= 15 is 0 Å². The minimum Gasteiger partial charge on any atom is -0.483 e. The molecule has 2 aromatic heterocycles. The number of hydrogen-bond acceptors (Lipinski definition) is 2. The third kappa shape index (κ3) is 4.88. The van der Waals surface area contributed by atoms with Crippen molar-refractivity contribution in [1.82, 2.24) is 9.56 Å². The molecule has 0 unspecified atom stereocenters. The van der Waals surface area contributed by atoms with Crippen molar-refractivity contribution in [3.8, 4) is 11.3 Å². The number of para-hydroxylation sites is 3. The summed E-state index contributed by atoms with van der Waals surface area (Å²) in [4.78, 5) is 4.22. The van der Waals surface area contributed by atoms with Crippen LogP contribution in [0.25, 0.3) is 33.2 Å². The van der Waals surface area contributed by atoms with Crippen LogP contribution in [-0.2, 0) is 20.1 Å². The van der Waals surface area contributed by atoms with Crippen LogP contribution in [0.4, 0.5) is 17.1 Å². The molecule has 3 heterocycles. The predicted octanol–water partition coefficient (Wildman–Crippen LogP) is 8.01. The van der Waals surface area contributed by atoms with Crippen LogP contribution >= 0.6 is 0 Å². The van der Waals surface area contributed by atoms with E-state index in [0.717, 1.165) is 50.3 Å². The Morgan fingerprint density at radius 3 is 2.32 bits per heavy atom. The van der Waals surface area contributed by atoms with E-state index in [1.165, 1.54) is 0 Å². The zero-order chi connectivity index (χ0) is 25.2. The smallest absolute Gasteiger partial charge is 0.483 e. The maximum atomic E-state index is 6.03. The summed E-state index contributed by atoms with van der Waals surface area (Å²) in [6.07, 6.45) is 1.79. The molecule has 1 radical (unpaired) electrons. The molecule has 0 fully saturated rings. The first kappa shape index (κ1) is 25.5. The molecule has 6 aromatic rings. The summed E-state index contributed by atoms with van der Waals surface area (Å²) in [5, 5.41) is 2.21. The minimum absolute atomic E-state index is 0. The number of fused-ring (bicyclic) bond motifs is 4. The fourth-order valence-corrected chi connectivity index (χ4v) is 4.51. The van der Waals surface area contributed by atoms with Gasteiger partial charge in [0, 0.05) is 44.0 Å². The van der Waals surface area contributed by atoms with Crippen LogP contribution in [0, 0.1) is 12.1 Å². The Hall–Kier alpha value is -4.14. The van der Waals surface area contributed by atoms with Gasteiger partial charge in [-0.2, -0.15) is 6.07 Å². The molecule has 0 aliphatic carbocycles. The summed E-state index contributed by atoms with van der Waals surface area (Å²) in [7, 11) is 0. The van der Waals surface area contributed by atoms with Crippen LogP contribution in [0.5, 0.6) is 0 Å². The zero-order valence-electron chi connectivity index (χ0n) is 21.1. The molecule has 0 bridgehead atoms. The van der Waals surface area contributed by atoms with Crippen molar-refractivity contribution < 1.29 is 29.1 Å². The van der Waals surface area contributed by atoms with Crippen LogP contribution in [0.3, 0.4) is 0 Å². The van der Waals surface area contributed by atoms with Gasteiger partial charge in [-0.1, -0.05) is 63.1 Å². The zero-order valence-corrected chi connectivity index (χ0v) is 23.4. The summed E-state index contributed by atoms with van der Waals surface area (Å²) in [5.74, 6) is 0. The number of aromatic nitrogens is 1. The third-order valence-corrected chi connectivity index (χ3v) is 6.29. The molecule has 0 amide bonds. The molecule has 0 saturated carbocycles. The van der Waals surface area contributed by atoms with Gasteiger partial charge in [0.15, 0.2) is 6.04 Å². The van der Waals surface area contributed by atoms with E-state index < -0.39 is 0 Å². The largest absolute Gasteiger partial charge is 0.494 e. The van der Waals surface area contributed by atoms with Gasteiger partial charge in [-0.3, -0.25) is 0 Å². The molecular weight excluding hydrogens is 647 g/mol. The monoisotopic (exact) mass is 672 g/mol. The van der Waals surface area contributed by atoms with E-state index in [4.69, 9.17) is 4.42 Å². The number of rotatable bonds is 3. The van der Waals surface area contributed by atoms with Crippen molar-refractivity contribution in [2.24, 2.45) is 0 Å². The molecule has 4 aromatic carbocycles. The quantitative estimate of drug-likeness (QED) is 0.141. The average Bonchev–Trinajstić information content (AvgIpc) is 3.53. The Bertz CT molecular complexity index is 1750. The Balaban J connectivity index is 0.000000191. The number of furan rings is 1. The van der Waals surface area contributed by atoms with Crippen LogP contribution in [-0.4, -0.2) is 21.6 Å². The fourth-order valence-electron chi connectivity index (χ4n) is 4.51. The Morgan fingerprint density at radius 2 is 1.55 bits per heavy atom. The summed E-state index contributed by atoms with van der Waals surface area (Å²) >= 11 is 0. The van der Waals surface area contributed by atoms with Crippen molar-refractivity contribution in [3.05, 3.63) is 121 Å². The normalized spacial score (nSPS) is 11.9. The SMILES string of the molecule is CC(C)[N+]1=C=[N+](c2[c-]cc3c(c2)oc2ccccc23)c2ccccc21.[Ir].[c-]1ccccc1-c1ccccn1. The van der Waals surface area contributed by atoms with Gasteiger partial charge >= 0.3 is 6.01 Å². The van der Waals surface area contributed by atoms with Gasteiger partial charge < -0.3 is 9.40 Å². The van der Waals surface area contributed by atoms with Crippen molar-refractivity contribution in [1.29, 1.82) is 0 Å². The predicted molar refractivity (Wildman–Crippen MR) is 149 cm³/mol. The van der Waals surface area contributed by atoms with Gasteiger partial charge in [-0.05, 0) is 37.1 Å². The number of pyridine rings is 1. The van der Waals surface area contributed by atoms with Crippen LogP contribution in [0.2, 0.25) is 0 Å². The maximum Gasteiger partial charge on any atom is 0.494 e. The summed E-state index contributed by atoms with van der Waals surface area (Å²) in [6, 6.07) is 44.5. The minimum atomic E-state index is 0. The first-order valence-corrected chi connectivity index (χ1v) is 12.3. The average molecular weight is 672 g/mol. The third-order valence-electron chi connectivity index (χ3n) is 6.29. The summed E-state index contributed by atoms with van der Waals surface area (Å²) in [5.41, 5.74) is 7.00. The molecule has 0 spiro atoms. The van der Waals surface area contributed by atoms with Crippen molar-refractivity contribution in [2.75, 3.05) is 0 Å². The second-order valence-corrected chi connectivity index (χ2v) is 9.07. The van der Waals surface area contributed by atoms with Crippen molar-refractivity contribution in [3.63, 3.8) is 0 Å². The van der Waals surface area contributed by atoms with E-state index in [-0.39, 0.29) is 20.1 Å². The van der Waals surface area contributed by atoms with Gasteiger partial charge in [0.1, 0.15) is 11.3 Å². The van der Waals surface area contributed by atoms with Crippen LogP contribution < -0.4 is 4.58 Å². The first-order valence-electron chi connectivity index (χ1n) is 12.3. The molecule has 1 aliphatic rings. The van der Waals surface area contributed by atoms with E-state index in [0.29, 0.717) is 6.04 Å². The van der Waals surface area contributed by atoms with Gasteiger partial charge in [-0.15, -0.1) is 42.0 Å². The van der Waals surface area contributed by atoms with Crippen LogP contribution in [0.15, 0.2) is 114 Å². The molecule has 4 nitrogen and oxygen atoms in total. The number of hydrogen-bond donors (Lipinski definition) is 0. The van der Waals surface area contributed by atoms with E-state index in [1.807, 2.05) is 72.8 Å². The molecule has 0 N–H and O–H groups in total. The fraction of sp³-hybridized carbons (Fsp3) is 0.0909. The van der Waals surface area contributed by atoms with Gasteiger partial charge in [0.2, 0.25) is 0 Å². The van der Waals surface area contributed by atoms with Gasteiger partial charge in [-0.25, -0.2) is 0 Å². The van der Waals surface area contributed by atoms with Gasteiger partial charge in [0.25, 0.3) is 11.4 Å². The number of nitrogens with zero attached hydrogens (tertiary/aromatic N) is 3. The Morgan fingerprint density at radius 1 is 0.789 bits per heavy atom. The molecule has 38 heavy (non-hydrogen) atoms. The van der Waals surface area contributed by atoms with Crippen molar-refractivity contribution >= 4 is 45.0 Å². The molecule has 1 aliphatic heterocycles. The van der Waals surface area contributed by atoms with Gasteiger partial charge in [0.05, 0.1) is 0 Å². The molecule has 5 heteroatoms. The molecule has 0 saturated heterocycles. The van der Waals surface area contributed by atoms with E-state index in [1.54, 1.807) is 6.20 Å². The molecule has 0 atom stereocenters. The molecule has 7 rings (SSSR count). The Labute approximate surface area is 235 Å². The molecular formula is C33H25IrN3O. The van der Waals surface area contributed by atoms with E-state index in [9.17, 15) is 0 Å². The second-order valence-electron chi connectivity index (χ2n) is 9.07. The van der Waals surface area contributed by atoms with E-state index in [2.05, 4.69) is 76.5 Å². The first-order chi connectivity index (χ1) is 18.2. The molecule has 187 valence electrons. The summed E-state index contributed by atoms with van der Waals surface area (Å²) < 4.78 is 10.2. The Kier molecular flexibility index (Phi) is 7.44. The summed E-state index contributed by atoms with van der Waals surface area (Å²) in [6.45, 7) is 4.33. The van der Waals surface area contributed by atoms with Crippen LogP contribution in [0.1, 0.15) is 13.8 Å². The maximum absolute atomic E-state index is 6.03. The standard InChI is InChI=1S/C22H17N2O.C11H8N.Ir/c1-15(2)23-14-24(20-9-5-4-8-19(20)23)16-11-12-18-17-7-3-6-10-21(17)25-22(18)13-16;1-2-6-10(7-3-1)11-8-4-5-9-12-11;/h3-10,12-13,15H,1-2H3;1-6,8-9H;/q+1;-1;. The second kappa shape index (κ2) is 11.1. The van der Waals surface area contributed by atoms with Crippen molar-refractivity contribution in [2.45, 2.75) is 19.9 Å². The topological polar surface area (TPSA) is 32.0 Å². The number of benzene rings is 4.